The first-order valence-corrected chi connectivity index (χ1v) is 10.2. The molecule has 0 amide bonds. The van der Waals surface area contributed by atoms with Gasteiger partial charge < -0.3 is 4.74 Å². The van der Waals surface area contributed by atoms with Crippen molar-refractivity contribution in [1.29, 1.82) is 0 Å². The highest BCUT2D eigenvalue weighted by Gasteiger charge is 2.40. The summed E-state index contributed by atoms with van der Waals surface area (Å²) >= 11 is 0. The fourth-order valence-electron chi connectivity index (χ4n) is 4.68. The van der Waals surface area contributed by atoms with Gasteiger partial charge in [-0.2, -0.15) is 0 Å². The molecule has 0 fully saturated rings. The van der Waals surface area contributed by atoms with Crippen molar-refractivity contribution in [1.82, 2.24) is 9.88 Å². The maximum absolute atomic E-state index is 14.7. The molecule has 2 heterocycles. The van der Waals surface area contributed by atoms with E-state index in [-0.39, 0.29) is 12.1 Å². The Morgan fingerprint density at radius 3 is 2.68 bits per heavy atom. The highest BCUT2D eigenvalue weighted by Crippen LogP contribution is 2.49. The smallest absolute Gasteiger partial charge is 0.213 e. The molecule has 0 bridgehead atoms. The van der Waals surface area contributed by atoms with Crippen LogP contribution in [-0.2, 0) is 6.42 Å². The Bertz CT molecular complexity index is 882. The number of benzene rings is 1. The average Bonchev–Trinajstić information content (AvgIpc) is 3.00. The summed E-state index contributed by atoms with van der Waals surface area (Å²) in [6, 6.07) is 13.0. The number of hydrogen-bond donors (Lipinski definition) is 0. The first kappa shape index (κ1) is 19.1. The molecule has 3 nitrogen and oxygen atoms in total. The van der Waals surface area contributed by atoms with E-state index in [1.165, 1.54) is 22.3 Å². The second-order valence-corrected chi connectivity index (χ2v) is 8.55. The van der Waals surface area contributed by atoms with Gasteiger partial charge in [-0.3, -0.25) is 4.90 Å². The maximum Gasteiger partial charge on any atom is 0.213 e. The number of alkyl halides is 1. The number of hydrogen-bond acceptors (Lipinski definition) is 3. The van der Waals surface area contributed by atoms with Crippen LogP contribution in [0.2, 0.25) is 0 Å². The third-order valence-corrected chi connectivity index (χ3v) is 5.76. The van der Waals surface area contributed by atoms with Crippen molar-refractivity contribution >= 4 is 5.57 Å². The predicted molar refractivity (Wildman–Crippen MR) is 111 cm³/mol. The zero-order chi connectivity index (χ0) is 19.9. The first-order valence-electron chi connectivity index (χ1n) is 10.2. The van der Waals surface area contributed by atoms with E-state index in [1.807, 2.05) is 19.2 Å². The average molecular weight is 381 g/mol. The van der Waals surface area contributed by atoms with Crippen molar-refractivity contribution in [2.45, 2.75) is 58.3 Å². The molecule has 0 spiro atoms. The van der Waals surface area contributed by atoms with Crippen LogP contribution < -0.4 is 4.74 Å². The SMILES string of the molecule is CCOc1ccc(C2C3=C(CC(C)N2CC(C)(C)F)c2ccccc2C3)cn1. The van der Waals surface area contributed by atoms with Crippen LogP contribution >= 0.6 is 0 Å². The summed E-state index contributed by atoms with van der Waals surface area (Å²) in [6.45, 7) is 8.50. The molecule has 4 heteroatoms. The van der Waals surface area contributed by atoms with Crippen LogP contribution in [0, 0.1) is 0 Å². The minimum Gasteiger partial charge on any atom is -0.478 e. The molecule has 0 N–H and O–H groups in total. The highest BCUT2D eigenvalue weighted by atomic mass is 19.1. The van der Waals surface area contributed by atoms with E-state index < -0.39 is 5.67 Å². The van der Waals surface area contributed by atoms with Crippen molar-refractivity contribution in [3.05, 3.63) is 64.9 Å². The van der Waals surface area contributed by atoms with E-state index in [1.54, 1.807) is 13.8 Å². The Morgan fingerprint density at radius 2 is 2.00 bits per heavy atom. The number of nitrogens with zero attached hydrogens (tertiary/aromatic N) is 2. The van der Waals surface area contributed by atoms with Crippen molar-refractivity contribution in [3.8, 4) is 5.88 Å². The second kappa shape index (κ2) is 7.32. The number of fused-ring (bicyclic) bond motifs is 2. The molecule has 0 radical (unpaired) electrons. The van der Waals surface area contributed by atoms with Gasteiger partial charge in [0, 0.05) is 24.8 Å². The minimum absolute atomic E-state index is 0.0457. The van der Waals surface area contributed by atoms with Crippen LogP contribution in [0.5, 0.6) is 5.88 Å². The van der Waals surface area contributed by atoms with Crippen LogP contribution in [-0.4, -0.2) is 34.7 Å². The largest absolute Gasteiger partial charge is 0.478 e. The molecule has 28 heavy (non-hydrogen) atoms. The molecule has 1 aromatic carbocycles. The predicted octanol–water partition coefficient (Wildman–Crippen LogP) is 5.37. The standard InChI is InChI=1S/C24H29FN2O/c1-5-28-22-11-10-18(14-26-22)23-21-13-17-8-6-7-9-19(17)20(21)12-16(2)27(23)15-24(3,4)25/h6-11,14,16,23H,5,12-13,15H2,1-4H3. The quantitative estimate of drug-likeness (QED) is 0.697. The molecule has 1 aliphatic heterocycles. The first-order chi connectivity index (χ1) is 13.4. The van der Waals surface area contributed by atoms with Gasteiger partial charge in [0.05, 0.1) is 12.6 Å². The Kier molecular flexibility index (Phi) is 5.00. The van der Waals surface area contributed by atoms with Gasteiger partial charge in [-0.15, -0.1) is 0 Å². The molecular formula is C24H29FN2O. The summed E-state index contributed by atoms with van der Waals surface area (Å²) in [7, 11) is 0. The molecular weight excluding hydrogens is 351 g/mol. The van der Waals surface area contributed by atoms with E-state index in [9.17, 15) is 4.39 Å². The summed E-state index contributed by atoms with van der Waals surface area (Å²) < 4.78 is 20.2. The topological polar surface area (TPSA) is 25.4 Å². The number of pyridine rings is 1. The monoisotopic (exact) mass is 380 g/mol. The molecule has 1 aliphatic carbocycles. The van der Waals surface area contributed by atoms with Crippen LogP contribution in [0.25, 0.3) is 5.57 Å². The molecule has 1 aromatic heterocycles. The fraction of sp³-hybridized carbons (Fsp3) is 0.458. The lowest BCUT2D eigenvalue weighted by Crippen LogP contribution is -2.46. The number of ether oxygens (including phenoxy) is 1. The third-order valence-electron chi connectivity index (χ3n) is 5.76. The summed E-state index contributed by atoms with van der Waals surface area (Å²) in [6.07, 6.45) is 3.79. The van der Waals surface area contributed by atoms with Gasteiger partial charge >= 0.3 is 0 Å². The number of halogens is 1. The Hall–Kier alpha value is -2.20. The summed E-state index contributed by atoms with van der Waals surface area (Å²) in [4.78, 5) is 6.82. The molecule has 0 saturated heterocycles. The number of aromatic nitrogens is 1. The Labute approximate surface area is 167 Å². The Balaban J connectivity index is 1.78. The van der Waals surface area contributed by atoms with Crippen LogP contribution in [0.4, 0.5) is 4.39 Å². The van der Waals surface area contributed by atoms with Crippen molar-refractivity contribution in [3.63, 3.8) is 0 Å². The molecule has 2 aromatic rings. The summed E-state index contributed by atoms with van der Waals surface area (Å²) in [5.74, 6) is 0.636. The van der Waals surface area contributed by atoms with E-state index in [0.29, 0.717) is 19.0 Å². The van der Waals surface area contributed by atoms with E-state index in [2.05, 4.69) is 47.1 Å². The highest BCUT2D eigenvalue weighted by molar-refractivity contribution is 5.78. The van der Waals surface area contributed by atoms with Gasteiger partial charge in [-0.1, -0.05) is 30.3 Å². The van der Waals surface area contributed by atoms with Gasteiger partial charge in [0.25, 0.3) is 0 Å². The summed E-state index contributed by atoms with van der Waals surface area (Å²) in [5.41, 5.74) is 5.44. The molecule has 148 valence electrons. The van der Waals surface area contributed by atoms with Gasteiger partial charge in [0.1, 0.15) is 5.67 Å². The third kappa shape index (κ3) is 3.58. The van der Waals surface area contributed by atoms with Crippen LogP contribution in [0.3, 0.4) is 0 Å². The molecule has 2 atom stereocenters. The van der Waals surface area contributed by atoms with Gasteiger partial charge in [0.2, 0.25) is 5.88 Å². The molecule has 2 aliphatic rings. The molecule has 2 unspecified atom stereocenters. The van der Waals surface area contributed by atoms with Crippen molar-refractivity contribution in [2.24, 2.45) is 0 Å². The van der Waals surface area contributed by atoms with Gasteiger partial charge in [-0.05, 0) is 68.4 Å². The van der Waals surface area contributed by atoms with Crippen LogP contribution in [0.15, 0.2) is 48.2 Å². The Morgan fingerprint density at radius 1 is 1.21 bits per heavy atom. The van der Waals surface area contributed by atoms with Gasteiger partial charge in [-0.25, -0.2) is 9.37 Å². The maximum atomic E-state index is 14.7. The minimum atomic E-state index is -1.26. The van der Waals surface area contributed by atoms with E-state index in [0.717, 1.165) is 18.4 Å². The molecule has 4 rings (SSSR count). The zero-order valence-electron chi connectivity index (χ0n) is 17.2. The van der Waals surface area contributed by atoms with Crippen molar-refractivity contribution in [2.75, 3.05) is 13.2 Å². The summed E-state index contributed by atoms with van der Waals surface area (Å²) in [5, 5.41) is 0. The fourth-order valence-corrected chi connectivity index (χ4v) is 4.68. The lowest BCUT2D eigenvalue weighted by molar-refractivity contribution is 0.0700. The molecule has 0 saturated carbocycles. The van der Waals surface area contributed by atoms with E-state index in [4.69, 9.17) is 4.74 Å². The lowest BCUT2D eigenvalue weighted by Gasteiger charge is -2.44. The zero-order valence-corrected chi connectivity index (χ0v) is 17.2. The lowest BCUT2D eigenvalue weighted by atomic mass is 9.85. The van der Waals surface area contributed by atoms with E-state index >= 15 is 0 Å². The normalized spacial score (nSPS) is 22.2. The van der Waals surface area contributed by atoms with Crippen LogP contribution in [0.1, 0.15) is 56.8 Å². The van der Waals surface area contributed by atoms with Crippen molar-refractivity contribution < 1.29 is 9.13 Å². The van der Waals surface area contributed by atoms with Gasteiger partial charge in [0.15, 0.2) is 0 Å². The number of rotatable bonds is 5. The second-order valence-electron chi connectivity index (χ2n) is 8.55.